The van der Waals surface area contributed by atoms with E-state index in [2.05, 4.69) is 6.92 Å². The fraction of sp³-hybridized carbons (Fsp3) is 0.679. The van der Waals surface area contributed by atoms with Crippen molar-refractivity contribution in [3.63, 3.8) is 0 Å². The van der Waals surface area contributed by atoms with Crippen LogP contribution in [0.4, 0.5) is 4.79 Å². The number of aliphatic carboxylic acids is 1. The number of carbonyl (C=O) groups is 3. The number of carboxylic acid groups (broad SMARTS) is 1. The first kappa shape index (κ1) is 29.7. The van der Waals surface area contributed by atoms with Gasteiger partial charge in [-0.1, -0.05) is 13.3 Å². The van der Waals surface area contributed by atoms with Crippen molar-refractivity contribution in [3.8, 4) is 17.2 Å². The van der Waals surface area contributed by atoms with Gasteiger partial charge in [0, 0.05) is 64.8 Å². The molecule has 40 heavy (non-hydrogen) atoms. The van der Waals surface area contributed by atoms with Gasteiger partial charge in [-0.25, -0.2) is 4.79 Å². The van der Waals surface area contributed by atoms with Crippen molar-refractivity contribution in [2.75, 3.05) is 73.3 Å². The highest BCUT2D eigenvalue weighted by Crippen LogP contribution is 2.47. The normalized spacial score (nSPS) is 22.6. The van der Waals surface area contributed by atoms with Crippen LogP contribution in [-0.4, -0.2) is 122 Å². The monoisotopic (exact) mass is 561 g/mol. The lowest BCUT2D eigenvalue weighted by atomic mass is 9.84. The maximum absolute atomic E-state index is 13.5. The van der Waals surface area contributed by atoms with E-state index in [9.17, 15) is 19.5 Å². The molecule has 2 saturated heterocycles. The van der Waals surface area contributed by atoms with Gasteiger partial charge in [0.25, 0.3) is 0 Å². The van der Waals surface area contributed by atoms with Gasteiger partial charge in [0.15, 0.2) is 11.5 Å². The summed E-state index contributed by atoms with van der Waals surface area (Å²) in [6, 6.07) is 3.12. The minimum atomic E-state index is -0.937. The van der Waals surface area contributed by atoms with Gasteiger partial charge in [-0.3, -0.25) is 14.5 Å². The summed E-state index contributed by atoms with van der Waals surface area (Å²) < 4.78 is 16.7. The number of methoxy groups -OCH3 is 1. The Kier molecular flexibility index (Phi) is 9.96. The van der Waals surface area contributed by atoms with Crippen LogP contribution in [-0.2, 0) is 9.59 Å². The average molecular weight is 562 g/mol. The Balaban J connectivity index is 1.63. The highest BCUT2D eigenvalue weighted by molar-refractivity contribution is 5.79. The number of hydrogen-bond donors (Lipinski definition) is 2. The second-order valence-corrected chi connectivity index (χ2v) is 10.8. The molecule has 1 unspecified atom stereocenters. The molecule has 3 amide bonds. The molecule has 4 rings (SSSR count). The third kappa shape index (κ3) is 6.38. The maximum Gasteiger partial charge on any atom is 0.319 e. The number of nitrogens with zero attached hydrogens (tertiary/aromatic N) is 4. The number of fused-ring (bicyclic) bond motifs is 1. The van der Waals surface area contributed by atoms with Gasteiger partial charge in [0.2, 0.25) is 18.4 Å². The fourth-order valence-electron chi connectivity index (χ4n) is 6.12. The zero-order valence-electron chi connectivity index (χ0n) is 23.8. The highest BCUT2D eigenvalue weighted by atomic mass is 16.7. The molecule has 12 heteroatoms. The summed E-state index contributed by atoms with van der Waals surface area (Å²) in [7, 11) is 3.31. The van der Waals surface area contributed by atoms with E-state index in [1.807, 2.05) is 17.0 Å². The summed E-state index contributed by atoms with van der Waals surface area (Å²) in [4.78, 5) is 46.3. The zero-order valence-corrected chi connectivity index (χ0v) is 23.8. The zero-order chi connectivity index (χ0) is 28.8. The van der Waals surface area contributed by atoms with Crippen molar-refractivity contribution in [2.45, 2.75) is 44.6 Å². The molecule has 0 bridgehead atoms. The minimum absolute atomic E-state index is 0.0514. The smallest absolute Gasteiger partial charge is 0.319 e. The lowest BCUT2D eigenvalue weighted by Crippen LogP contribution is -2.50. The molecule has 0 aromatic heterocycles. The Bertz CT molecular complexity index is 1070. The van der Waals surface area contributed by atoms with Crippen molar-refractivity contribution >= 4 is 17.9 Å². The molecule has 3 aliphatic rings. The summed E-state index contributed by atoms with van der Waals surface area (Å²) in [6.45, 7) is 5.79. The molecule has 3 N–H and O–H groups in total. The van der Waals surface area contributed by atoms with E-state index >= 15 is 0 Å². The Morgan fingerprint density at radius 3 is 2.73 bits per heavy atom. The summed E-state index contributed by atoms with van der Waals surface area (Å²) in [5.74, 6) is -0.720. The second kappa shape index (κ2) is 13.4. The fourth-order valence-corrected chi connectivity index (χ4v) is 6.12. The van der Waals surface area contributed by atoms with E-state index in [1.165, 1.54) is 7.11 Å². The predicted octanol–water partition coefficient (Wildman–Crippen LogP) is 1.63. The second-order valence-electron chi connectivity index (χ2n) is 10.8. The van der Waals surface area contributed by atoms with Crippen LogP contribution in [0.2, 0.25) is 0 Å². The molecule has 12 nitrogen and oxygen atoms in total. The molecule has 1 aromatic carbocycles. The van der Waals surface area contributed by atoms with Gasteiger partial charge >= 0.3 is 12.0 Å². The Morgan fingerprint density at radius 2 is 2.02 bits per heavy atom. The van der Waals surface area contributed by atoms with E-state index < -0.39 is 23.8 Å². The van der Waals surface area contributed by atoms with Crippen molar-refractivity contribution in [3.05, 3.63) is 17.7 Å². The van der Waals surface area contributed by atoms with Gasteiger partial charge in [0.1, 0.15) is 0 Å². The van der Waals surface area contributed by atoms with Crippen LogP contribution in [0.25, 0.3) is 0 Å². The molecule has 3 heterocycles. The number of amides is 3. The SMILES string of the molecule is CCCCN(CCN)C(=O)CN1C[C@H](c2cc(OC)c3c(c2)OCO3)C(C(=O)O)[C@@H]1CCN1CCCN(C)C1=O. The van der Waals surface area contributed by atoms with Crippen LogP contribution in [0.1, 0.15) is 44.1 Å². The van der Waals surface area contributed by atoms with E-state index in [4.69, 9.17) is 19.9 Å². The minimum Gasteiger partial charge on any atom is -0.493 e. The number of carboxylic acids is 1. The highest BCUT2D eigenvalue weighted by Gasteiger charge is 2.48. The lowest BCUT2D eigenvalue weighted by Gasteiger charge is -2.35. The van der Waals surface area contributed by atoms with Gasteiger partial charge in [-0.15, -0.1) is 0 Å². The molecule has 0 aliphatic carbocycles. The molecule has 0 spiro atoms. The van der Waals surface area contributed by atoms with Crippen molar-refractivity contribution in [1.29, 1.82) is 0 Å². The quantitative estimate of drug-likeness (QED) is 0.368. The number of urea groups is 1. The number of benzene rings is 1. The summed E-state index contributed by atoms with van der Waals surface area (Å²) in [6.07, 6.45) is 3.13. The first-order valence-corrected chi connectivity index (χ1v) is 14.2. The first-order valence-electron chi connectivity index (χ1n) is 14.2. The van der Waals surface area contributed by atoms with Crippen LogP contribution >= 0.6 is 0 Å². The molecular weight excluding hydrogens is 518 g/mol. The molecule has 3 aliphatic heterocycles. The molecular formula is C28H43N5O7. The number of likely N-dealkylation sites (tertiary alicyclic amines) is 1. The van der Waals surface area contributed by atoms with E-state index in [0.717, 1.165) is 24.8 Å². The number of ether oxygens (including phenoxy) is 3. The van der Waals surface area contributed by atoms with Gasteiger partial charge in [-0.2, -0.15) is 0 Å². The molecule has 1 aromatic rings. The molecule has 3 atom stereocenters. The van der Waals surface area contributed by atoms with Gasteiger partial charge < -0.3 is 39.8 Å². The summed E-state index contributed by atoms with van der Waals surface area (Å²) in [5.41, 5.74) is 6.56. The number of nitrogens with two attached hydrogens (primary N) is 1. The average Bonchev–Trinajstić information content (AvgIpc) is 3.56. The van der Waals surface area contributed by atoms with E-state index in [-0.39, 0.29) is 25.3 Å². The largest absolute Gasteiger partial charge is 0.493 e. The lowest BCUT2D eigenvalue weighted by molar-refractivity contribution is -0.143. The summed E-state index contributed by atoms with van der Waals surface area (Å²) >= 11 is 0. The van der Waals surface area contributed by atoms with Gasteiger partial charge in [0.05, 0.1) is 19.6 Å². The van der Waals surface area contributed by atoms with Crippen molar-refractivity contribution in [2.24, 2.45) is 11.7 Å². The molecule has 2 fully saturated rings. The third-order valence-electron chi connectivity index (χ3n) is 8.23. The Hall–Kier alpha value is -3.25. The van der Waals surface area contributed by atoms with Crippen molar-refractivity contribution in [1.82, 2.24) is 19.6 Å². The number of unbranched alkanes of at least 4 members (excludes halogenated alkanes) is 1. The number of carbonyl (C=O) groups excluding carboxylic acids is 2. The topological polar surface area (TPSA) is 138 Å². The Labute approximate surface area is 235 Å². The van der Waals surface area contributed by atoms with E-state index in [1.54, 1.807) is 21.7 Å². The number of hydrogen-bond acceptors (Lipinski definition) is 8. The standard InChI is InChI=1S/C28H43N5O7/c1-4-5-10-31(13-8-29)24(34)17-33-16-20(19-14-22(38-3)26-23(15-19)39-18-40-26)25(27(35)36)21(33)7-12-32-11-6-9-30(2)28(32)37/h14-15,20-21,25H,4-13,16-18,29H2,1-3H3,(H,35,36)/t20-,21+,25?/m1/s1. The Morgan fingerprint density at radius 1 is 1.23 bits per heavy atom. The maximum atomic E-state index is 13.5. The van der Waals surface area contributed by atoms with Crippen LogP contribution in [0.3, 0.4) is 0 Å². The molecule has 222 valence electrons. The predicted molar refractivity (Wildman–Crippen MR) is 148 cm³/mol. The molecule has 0 saturated carbocycles. The van der Waals surface area contributed by atoms with Crippen LogP contribution in [0.15, 0.2) is 12.1 Å². The third-order valence-corrected chi connectivity index (χ3v) is 8.23. The van der Waals surface area contributed by atoms with Crippen LogP contribution < -0.4 is 19.9 Å². The summed E-state index contributed by atoms with van der Waals surface area (Å²) in [5, 5.41) is 10.5. The van der Waals surface area contributed by atoms with Crippen LogP contribution in [0, 0.1) is 5.92 Å². The number of rotatable bonds is 13. The van der Waals surface area contributed by atoms with Crippen LogP contribution in [0.5, 0.6) is 17.2 Å². The van der Waals surface area contributed by atoms with Gasteiger partial charge in [-0.05, 0) is 37.0 Å². The first-order chi connectivity index (χ1) is 19.3. The van der Waals surface area contributed by atoms with Crippen molar-refractivity contribution < 1.29 is 33.7 Å². The molecule has 0 radical (unpaired) electrons. The van der Waals surface area contributed by atoms with E-state index in [0.29, 0.717) is 69.5 Å².